The number of carbonyl (C=O) groups excluding carboxylic acids is 2. The highest BCUT2D eigenvalue weighted by Gasteiger charge is 2.31. The Labute approximate surface area is 173 Å². The fourth-order valence-corrected chi connectivity index (χ4v) is 3.48. The van der Waals surface area contributed by atoms with Crippen LogP contribution in [-0.2, 0) is 16.0 Å². The van der Waals surface area contributed by atoms with Crippen LogP contribution in [-0.4, -0.2) is 23.2 Å². The first-order valence-corrected chi connectivity index (χ1v) is 9.48. The highest BCUT2D eigenvalue weighted by molar-refractivity contribution is 7.15. The minimum Gasteiger partial charge on any atom is -0.406 e. The second-order valence-electron chi connectivity index (χ2n) is 6.19. The normalized spacial score (nSPS) is 11.1. The molecule has 3 rings (SSSR count). The van der Waals surface area contributed by atoms with Gasteiger partial charge >= 0.3 is 6.36 Å². The van der Waals surface area contributed by atoms with Crippen molar-refractivity contribution in [1.29, 1.82) is 0 Å². The summed E-state index contributed by atoms with van der Waals surface area (Å²) in [5, 5.41) is 5.96. The monoisotopic (exact) mass is 435 g/mol. The zero-order valence-corrected chi connectivity index (χ0v) is 16.4. The summed E-state index contributed by atoms with van der Waals surface area (Å²) in [7, 11) is 0. The molecule has 10 heteroatoms. The minimum atomic E-state index is -4.75. The van der Waals surface area contributed by atoms with E-state index in [0.29, 0.717) is 26.8 Å². The lowest BCUT2D eigenvalue weighted by atomic mass is 10.2. The molecule has 3 aromatic rings. The Morgan fingerprint density at radius 2 is 1.73 bits per heavy atom. The number of alkyl halides is 3. The number of benzene rings is 2. The van der Waals surface area contributed by atoms with Gasteiger partial charge in [-0.15, -0.1) is 24.5 Å². The van der Waals surface area contributed by atoms with Crippen LogP contribution in [0, 0.1) is 0 Å². The van der Waals surface area contributed by atoms with Gasteiger partial charge in [-0.1, -0.05) is 6.07 Å². The molecule has 0 saturated carbocycles. The molecule has 0 bridgehead atoms. The summed E-state index contributed by atoms with van der Waals surface area (Å²) in [6.07, 6.45) is -3.12. The summed E-state index contributed by atoms with van der Waals surface area (Å²) in [5.41, 5.74) is 1.72. The second-order valence-corrected chi connectivity index (χ2v) is 7.31. The van der Waals surface area contributed by atoms with Crippen LogP contribution in [0.3, 0.4) is 0 Å². The first kappa shape index (κ1) is 21.3. The van der Waals surface area contributed by atoms with Gasteiger partial charge in [0.05, 0.1) is 6.42 Å². The van der Waals surface area contributed by atoms with E-state index in [-0.39, 0.29) is 24.0 Å². The van der Waals surface area contributed by atoms with Crippen molar-refractivity contribution in [2.24, 2.45) is 0 Å². The molecule has 0 spiro atoms. The van der Waals surface area contributed by atoms with Crippen LogP contribution < -0.4 is 15.4 Å². The van der Waals surface area contributed by atoms with Crippen LogP contribution in [0.25, 0.3) is 10.6 Å². The first-order chi connectivity index (χ1) is 14.2. The molecule has 0 unspecified atom stereocenters. The Bertz CT molecular complexity index is 1050. The van der Waals surface area contributed by atoms with Crippen molar-refractivity contribution >= 4 is 34.5 Å². The molecule has 0 aliphatic rings. The molecule has 1 heterocycles. The zero-order valence-electron chi connectivity index (χ0n) is 15.6. The van der Waals surface area contributed by atoms with Crippen LogP contribution in [0.5, 0.6) is 5.75 Å². The molecule has 0 aliphatic carbocycles. The second kappa shape index (κ2) is 8.95. The molecule has 0 radical (unpaired) electrons. The van der Waals surface area contributed by atoms with Gasteiger partial charge in [-0.2, -0.15) is 0 Å². The van der Waals surface area contributed by atoms with Crippen molar-refractivity contribution in [3.05, 3.63) is 59.6 Å². The number of thiazole rings is 1. The smallest absolute Gasteiger partial charge is 0.406 e. The highest BCUT2D eigenvalue weighted by Crippen LogP contribution is 2.29. The molecule has 0 aliphatic heterocycles. The Balaban J connectivity index is 1.61. The zero-order chi connectivity index (χ0) is 21.7. The van der Waals surface area contributed by atoms with E-state index in [0.717, 1.165) is 0 Å². The summed E-state index contributed by atoms with van der Waals surface area (Å²) < 4.78 is 40.5. The van der Waals surface area contributed by atoms with E-state index >= 15 is 0 Å². The average Bonchev–Trinajstić information content (AvgIpc) is 3.09. The van der Waals surface area contributed by atoms with Gasteiger partial charge in [0.1, 0.15) is 10.8 Å². The molecule has 1 aromatic heterocycles. The average molecular weight is 435 g/mol. The Morgan fingerprint density at radius 1 is 1.07 bits per heavy atom. The van der Waals surface area contributed by atoms with Crippen molar-refractivity contribution in [3.8, 4) is 16.3 Å². The quantitative estimate of drug-likeness (QED) is 0.580. The maximum atomic E-state index is 12.3. The molecular formula is C20H16F3N3O3S. The lowest BCUT2D eigenvalue weighted by Crippen LogP contribution is -2.16. The molecule has 30 heavy (non-hydrogen) atoms. The fraction of sp³-hybridized carbons (Fsp3) is 0.150. The number of amides is 2. The van der Waals surface area contributed by atoms with Crippen LogP contribution in [0.1, 0.15) is 11.8 Å². The third-order valence-corrected chi connectivity index (χ3v) is 4.74. The maximum absolute atomic E-state index is 12.3. The molecule has 2 aromatic carbocycles. The topological polar surface area (TPSA) is 80.3 Å². The molecule has 0 atom stereocenters. The summed E-state index contributed by atoms with van der Waals surface area (Å²) in [4.78, 5) is 28.3. The Morgan fingerprint density at radius 3 is 2.37 bits per heavy atom. The van der Waals surface area contributed by atoms with Gasteiger partial charge in [0, 0.05) is 34.9 Å². The summed E-state index contributed by atoms with van der Waals surface area (Å²) in [6.45, 7) is 1.39. The van der Waals surface area contributed by atoms with Crippen molar-refractivity contribution in [3.63, 3.8) is 0 Å². The SMILES string of the molecule is CC(=O)Nc1cccc(NC(=O)Cc2cnc(-c3ccc(OC(F)(F)F)cc3)s2)c1. The Hall–Kier alpha value is -3.40. The van der Waals surface area contributed by atoms with Crippen LogP contribution in [0.4, 0.5) is 24.5 Å². The van der Waals surface area contributed by atoms with Gasteiger partial charge in [0.25, 0.3) is 0 Å². The van der Waals surface area contributed by atoms with E-state index in [1.807, 2.05) is 0 Å². The molecule has 0 saturated heterocycles. The standard InChI is InChI=1S/C20H16F3N3O3S/c1-12(27)25-14-3-2-4-15(9-14)26-18(28)10-17-11-24-19(30-17)13-5-7-16(8-6-13)29-20(21,22)23/h2-9,11H,10H2,1H3,(H,25,27)(H,26,28). The number of nitrogens with one attached hydrogen (secondary N) is 2. The predicted molar refractivity (Wildman–Crippen MR) is 107 cm³/mol. The Kier molecular flexibility index (Phi) is 6.36. The number of carbonyl (C=O) groups is 2. The number of rotatable bonds is 6. The van der Waals surface area contributed by atoms with E-state index in [9.17, 15) is 22.8 Å². The lowest BCUT2D eigenvalue weighted by molar-refractivity contribution is -0.274. The van der Waals surface area contributed by atoms with Gasteiger partial charge < -0.3 is 15.4 Å². The van der Waals surface area contributed by atoms with Gasteiger partial charge in [0.15, 0.2) is 0 Å². The fourth-order valence-electron chi connectivity index (χ4n) is 2.56. The minimum absolute atomic E-state index is 0.0807. The largest absolute Gasteiger partial charge is 0.573 e. The third kappa shape index (κ3) is 6.31. The highest BCUT2D eigenvalue weighted by atomic mass is 32.1. The van der Waals surface area contributed by atoms with E-state index in [1.165, 1.54) is 42.5 Å². The van der Waals surface area contributed by atoms with Crippen molar-refractivity contribution in [1.82, 2.24) is 4.98 Å². The molecule has 2 amide bonds. The lowest BCUT2D eigenvalue weighted by Gasteiger charge is -2.08. The van der Waals surface area contributed by atoms with Crippen molar-refractivity contribution in [2.75, 3.05) is 10.6 Å². The van der Waals surface area contributed by atoms with Gasteiger partial charge in [-0.25, -0.2) is 4.98 Å². The number of halogens is 3. The van der Waals surface area contributed by atoms with E-state index < -0.39 is 6.36 Å². The van der Waals surface area contributed by atoms with Crippen molar-refractivity contribution in [2.45, 2.75) is 19.7 Å². The molecular weight excluding hydrogens is 419 g/mol. The molecule has 6 nitrogen and oxygen atoms in total. The number of hydrogen-bond donors (Lipinski definition) is 2. The molecule has 2 N–H and O–H groups in total. The van der Waals surface area contributed by atoms with Gasteiger partial charge in [-0.05, 0) is 42.5 Å². The summed E-state index contributed by atoms with van der Waals surface area (Å²) in [6, 6.07) is 12.1. The maximum Gasteiger partial charge on any atom is 0.573 e. The number of ether oxygens (including phenoxy) is 1. The number of hydrogen-bond acceptors (Lipinski definition) is 5. The summed E-state index contributed by atoms with van der Waals surface area (Å²) in [5.74, 6) is -0.795. The number of nitrogens with zero attached hydrogens (tertiary/aromatic N) is 1. The summed E-state index contributed by atoms with van der Waals surface area (Å²) >= 11 is 1.26. The van der Waals surface area contributed by atoms with Gasteiger partial charge in [0.2, 0.25) is 11.8 Å². The third-order valence-electron chi connectivity index (χ3n) is 3.69. The number of aromatic nitrogens is 1. The van der Waals surface area contributed by atoms with E-state index in [4.69, 9.17) is 0 Å². The molecule has 156 valence electrons. The van der Waals surface area contributed by atoms with E-state index in [2.05, 4.69) is 20.4 Å². The van der Waals surface area contributed by atoms with Crippen LogP contribution >= 0.6 is 11.3 Å². The van der Waals surface area contributed by atoms with Gasteiger partial charge in [-0.3, -0.25) is 9.59 Å². The van der Waals surface area contributed by atoms with Crippen molar-refractivity contribution < 1.29 is 27.5 Å². The van der Waals surface area contributed by atoms with Crippen LogP contribution in [0.15, 0.2) is 54.7 Å². The first-order valence-electron chi connectivity index (χ1n) is 8.66. The predicted octanol–water partition coefficient (Wildman–Crippen LogP) is 4.85. The van der Waals surface area contributed by atoms with E-state index in [1.54, 1.807) is 30.5 Å². The van der Waals surface area contributed by atoms with Crippen LogP contribution in [0.2, 0.25) is 0 Å². The number of anilines is 2. The molecule has 0 fully saturated rings.